The van der Waals surface area contributed by atoms with E-state index in [1.165, 1.54) is 18.2 Å². The fraction of sp³-hybridized carbons (Fsp3) is 0.167. The number of hydrogen-bond donors (Lipinski definition) is 2. The van der Waals surface area contributed by atoms with Crippen LogP contribution in [0.25, 0.3) is 0 Å². The largest absolute Gasteiger partial charge is 0.411 e. The molecule has 2 heterocycles. The van der Waals surface area contributed by atoms with Gasteiger partial charge in [-0.2, -0.15) is 4.98 Å². The maximum atomic E-state index is 13.9. The molecule has 2 unspecified atom stereocenters. The van der Waals surface area contributed by atoms with Gasteiger partial charge < -0.3 is 10.5 Å². The van der Waals surface area contributed by atoms with Crippen LogP contribution in [-0.4, -0.2) is 21.1 Å². The van der Waals surface area contributed by atoms with Crippen LogP contribution in [0.15, 0.2) is 29.1 Å². The van der Waals surface area contributed by atoms with E-state index in [0.29, 0.717) is 0 Å². The predicted molar refractivity (Wildman–Crippen MR) is 68.9 cm³/mol. The van der Waals surface area contributed by atoms with Gasteiger partial charge in [0.15, 0.2) is 0 Å². The molecule has 0 saturated carbocycles. The van der Waals surface area contributed by atoms with E-state index in [0.717, 1.165) is 6.07 Å². The maximum Gasteiger partial charge on any atom is 0.366 e. The first-order chi connectivity index (χ1) is 9.99. The fourth-order valence-corrected chi connectivity index (χ4v) is 2.37. The lowest BCUT2D eigenvalue weighted by atomic mass is 9.92. The summed E-state index contributed by atoms with van der Waals surface area (Å²) < 4.78 is 19.0. The molecule has 3 N–H and O–H groups in total. The highest BCUT2D eigenvalue weighted by Gasteiger charge is 2.48. The highest BCUT2D eigenvalue weighted by Crippen LogP contribution is 2.40. The second kappa shape index (κ2) is 4.54. The number of nitrogens with zero attached hydrogens (tertiary/aromatic N) is 2. The Labute approximate surface area is 116 Å². The zero-order valence-electron chi connectivity index (χ0n) is 10.4. The summed E-state index contributed by atoms with van der Waals surface area (Å²) >= 11 is 0. The highest BCUT2D eigenvalue weighted by molar-refractivity contribution is 5.43. The van der Waals surface area contributed by atoms with Crippen LogP contribution in [0.3, 0.4) is 0 Å². The Morgan fingerprint density at radius 2 is 2.14 bits per heavy atom. The summed E-state index contributed by atoms with van der Waals surface area (Å²) in [5.41, 5.74) is 4.59. The topological polar surface area (TPSA) is 124 Å². The van der Waals surface area contributed by atoms with Gasteiger partial charge >= 0.3 is 6.23 Å². The summed E-state index contributed by atoms with van der Waals surface area (Å²) in [4.78, 5) is 28.4. The number of benzene rings is 1. The third-order valence-electron chi connectivity index (χ3n) is 3.22. The lowest BCUT2D eigenvalue weighted by molar-refractivity contribution is -0.562. The van der Waals surface area contributed by atoms with E-state index in [2.05, 4.69) is 9.97 Å². The summed E-state index contributed by atoms with van der Waals surface area (Å²) in [5.74, 6) is -2.32. The minimum Gasteiger partial charge on any atom is -0.411 e. The van der Waals surface area contributed by atoms with Crippen molar-refractivity contribution in [2.75, 3.05) is 5.73 Å². The van der Waals surface area contributed by atoms with Crippen LogP contribution < -0.4 is 16.0 Å². The van der Waals surface area contributed by atoms with Crippen molar-refractivity contribution in [1.82, 2.24) is 9.97 Å². The number of nitrogen functional groups attached to an aromatic ring is 1. The van der Waals surface area contributed by atoms with Crippen molar-refractivity contribution in [1.29, 1.82) is 0 Å². The molecule has 1 aromatic heterocycles. The van der Waals surface area contributed by atoms with E-state index in [1.807, 2.05) is 0 Å². The second-order valence-corrected chi connectivity index (χ2v) is 4.46. The van der Waals surface area contributed by atoms with Crippen LogP contribution in [0, 0.1) is 15.9 Å². The Bertz CT molecular complexity index is 791. The number of anilines is 1. The zero-order valence-corrected chi connectivity index (χ0v) is 10.4. The average molecular weight is 292 g/mol. The molecule has 8 nitrogen and oxygen atoms in total. The molecule has 108 valence electrons. The van der Waals surface area contributed by atoms with Gasteiger partial charge in [-0.1, -0.05) is 18.2 Å². The van der Waals surface area contributed by atoms with Crippen molar-refractivity contribution in [3.8, 4) is 5.88 Å². The van der Waals surface area contributed by atoms with Gasteiger partial charge in [-0.15, -0.1) is 0 Å². The summed E-state index contributed by atoms with van der Waals surface area (Å²) in [6.45, 7) is 0. The second-order valence-electron chi connectivity index (χ2n) is 4.46. The zero-order chi connectivity index (χ0) is 15.1. The molecule has 0 amide bonds. The maximum absolute atomic E-state index is 13.9. The normalized spacial score (nSPS) is 19.9. The monoisotopic (exact) mass is 292 g/mol. The number of aromatic amines is 1. The SMILES string of the molecule is Nc1nc2c(c(=O)[nH]1)C(c1ccccc1F)C([N+](=O)[O-])O2. The Morgan fingerprint density at radius 1 is 1.43 bits per heavy atom. The van der Waals surface area contributed by atoms with Crippen LogP contribution in [0.2, 0.25) is 0 Å². The average Bonchev–Trinajstić information content (AvgIpc) is 2.78. The number of nitro groups is 1. The number of H-pyrrole nitrogens is 1. The van der Waals surface area contributed by atoms with Crippen molar-refractivity contribution in [3.05, 3.63) is 61.7 Å². The van der Waals surface area contributed by atoms with E-state index in [9.17, 15) is 19.3 Å². The molecule has 1 aliphatic heterocycles. The molecule has 1 aromatic carbocycles. The molecule has 3 rings (SSSR count). The standard InChI is InChI=1S/C12H9FN4O4/c13-6-4-2-1-3-5(6)7-8-9(18)15-12(14)16-10(8)21-11(7)17(19)20/h1-4,7,11H,(H3,14,15,16,18). The van der Waals surface area contributed by atoms with E-state index in [1.54, 1.807) is 0 Å². The van der Waals surface area contributed by atoms with Crippen molar-refractivity contribution in [2.24, 2.45) is 0 Å². The van der Waals surface area contributed by atoms with Gasteiger partial charge in [0.25, 0.3) is 5.56 Å². The molecular weight excluding hydrogens is 283 g/mol. The van der Waals surface area contributed by atoms with Gasteiger partial charge in [-0.05, 0) is 6.07 Å². The van der Waals surface area contributed by atoms with Gasteiger partial charge in [0.2, 0.25) is 11.8 Å². The number of aromatic nitrogens is 2. The van der Waals surface area contributed by atoms with E-state index in [-0.39, 0.29) is 23.0 Å². The molecule has 0 aliphatic carbocycles. The molecule has 0 spiro atoms. The number of halogens is 1. The quantitative estimate of drug-likeness (QED) is 0.617. The van der Waals surface area contributed by atoms with E-state index < -0.39 is 28.4 Å². The van der Waals surface area contributed by atoms with Gasteiger partial charge in [-0.25, -0.2) is 4.39 Å². The molecule has 0 bridgehead atoms. The predicted octanol–water partition coefficient (Wildman–Crippen LogP) is 0.618. The van der Waals surface area contributed by atoms with Crippen LogP contribution in [0.4, 0.5) is 10.3 Å². The summed E-state index contributed by atoms with van der Waals surface area (Å²) in [7, 11) is 0. The molecule has 2 aromatic rings. The molecule has 0 saturated heterocycles. The van der Waals surface area contributed by atoms with Crippen LogP contribution >= 0.6 is 0 Å². The summed E-state index contributed by atoms with van der Waals surface area (Å²) in [5, 5.41) is 11.1. The fourth-order valence-electron chi connectivity index (χ4n) is 2.37. The van der Waals surface area contributed by atoms with Gasteiger partial charge in [0, 0.05) is 5.56 Å². The first-order valence-electron chi connectivity index (χ1n) is 5.93. The Hall–Kier alpha value is -2.97. The van der Waals surface area contributed by atoms with Gasteiger partial charge in [0.1, 0.15) is 11.7 Å². The van der Waals surface area contributed by atoms with Gasteiger partial charge in [-0.3, -0.25) is 19.9 Å². The molecule has 1 aliphatic rings. The number of nitrogens with one attached hydrogen (secondary N) is 1. The smallest absolute Gasteiger partial charge is 0.366 e. The first kappa shape index (κ1) is 13.0. The molecule has 0 radical (unpaired) electrons. The van der Waals surface area contributed by atoms with Crippen molar-refractivity contribution < 1.29 is 14.1 Å². The Kier molecular flexibility index (Phi) is 2.82. The van der Waals surface area contributed by atoms with Crippen LogP contribution in [0.5, 0.6) is 5.88 Å². The lowest BCUT2D eigenvalue weighted by Crippen LogP contribution is -2.30. The molecule has 2 atom stereocenters. The minimum absolute atomic E-state index is 0.00461. The third kappa shape index (κ3) is 1.98. The Balaban J connectivity index is 2.25. The van der Waals surface area contributed by atoms with Gasteiger partial charge in [0.05, 0.1) is 10.5 Å². The number of ether oxygens (including phenoxy) is 1. The van der Waals surface area contributed by atoms with E-state index >= 15 is 0 Å². The first-order valence-corrected chi connectivity index (χ1v) is 5.93. The van der Waals surface area contributed by atoms with Crippen LogP contribution in [0.1, 0.15) is 17.0 Å². The summed E-state index contributed by atoms with van der Waals surface area (Å²) in [6.07, 6.45) is -1.63. The third-order valence-corrected chi connectivity index (χ3v) is 3.22. The number of hydrogen-bond acceptors (Lipinski definition) is 6. The minimum atomic E-state index is -1.63. The lowest BCUT2D eigenvalue weighted by Gasteiger charge is -2.12. The summed E-state index contributed by atoms with van der Waals surface area (Å²) in [6, 6.07) is 5.49. The van der Waals surface area contributed by atoms with Crippen molar-refractivity contribution in [2.45, 2.75) is 12.1 Å². The number of fused-ring (bicyclic) bond motifs is 1. The van der Waals surface area contributed by atoms with E-state index in [4.69, 9.17) is 10.5 Å². The molecule has 9 heteroatoms. The van der Waals surface area contributed by atoms with Crippen LogP contribution in [-0.2, 0) is 0 Å². The molecule has 0 fully saturated rings. The molecular formula is C12H9FN4O4. The van der Waals surface area contributed by atoms with Crippen molar-refractivity contribution >= 4 is 5.95 Å². The van der Waals surface area contributed by atoms with Crippen molar-refractivity contribution in [3.63, 3.8) is 0 Å². The highest BCUT2D eigenvalue weighted by atomic mass is 19.1. The molecule has 21 heavy (non-hydrogen) atoms. The number of rotatable bonds is 2. The Morgan fingerprint density at radius 3 is 2.81 bits per heavy atom. The number of nitrogens with two attached hydrogens (primary N) is 1.